The Morgan fingerprint density at radius 3 is 2.72 bits per heavy atom. The van der Waals surface area contributed by atoms with E-state index in [0.29, 0.717) is 18.0 Å². The fraction of sp³-hybridized carbons (Fsp3) is 0.375. The first-order chi connectivity index (χ1) is 8.88. The van der Waals surface area contributed by atoms with Gasteiger partial charge in [-0.05, 0) is 30.5 Å². The van der Waals surface area contributed by atoms with Gasteiger partial charge in [0, 0.05) is 12.0 Å². The van der Waals surface area contributed by atoms with Crippen molar-refractivity contribution < 1.29 is 4.42 Å². The van der Waals surface area contributed by atoms with Gasteiger partial charge in [0.1, 0.15) is 5.76 Å². The molecular weight excluding hydrogens is 222 g/mol. The standard InChI is InChI=1S/C16H19NO/c1-2-14(16-9-6-10-18-16)17-15-11-13(15)12-7-4-3-5-8-12/h3-10,13-15,17H,2,11H2,1H3. The maximum Gasteiger partial charge on any atom is 0.120 e. The quantitative estimate of drug-likeness (QED) is 0.859. The molecule has 0 amide bonds. The Kier molecular flexibility index (Phi) is 3.20. The summed E-state index contributed by atoms with van der Waals surface area (Å²) in [6.07, 6.45) is 4.05. The third-order valence-corrected chi connectivity index (χ3v) is 3.73. The van der Waals surface area contributed by atoms with Crippen molar-refractivity contribution in [3.8, 4) is 0 Å². The molecule has 2 heteroatoms. The molecule has 3 atom stereocenters. The number of hydrogen-bond acceptors (Lipinski definition) is 2. The maximum absolute atomic E-state index is 5.49. The molecule has 94 valence electrons. The summed E-state index contributed by atoms with van der Waals surface area (Å²) in [5.74, 6) is 1.73. The number of furan rings is 1. The summed E-state index contributed by atoms with van der Waals surface area (Å²) in [4.78, 5) is 0. The van der Waals surface area contributed by atoms with E-state index >= 15 is 0 Å². The molecule has 1 saturated carbocycles. The molecule has 1 fully saturated rings. The molecule has 0 bridgehead atoms. The van der Waals surface area contributed by atoms with E-state index in [2.05, 4.69) is 48.6 Å². The maximum atomic E-state index is 5.49. The molecule has 3 unspecified atom stereocenters. The fourth-order valence-corrected chi connectivity index (χ4v) is 2.60. The van der Waals surface area contributed by atoms with Gasteiger partial charge in [-0.25, -0.2) is 0 Å². The molecule has 1 N–H and O–H groups in total. The van der Waals surface area contributed by atoms with E-state index in [9.17, 15) is 0 Å². The lowest BCUT2D eigenvalue weighted by atomic mass is 10.1. The second kappa shape index (κ2) is 4.99. The van der Waals surface area contributed by atoms with Crippen LogP contribution in [0.25, 0.3) is 0 Å². The van der Waals surface area contributed by atoms with Gasteiger partial charge in [0.2, 0.25) is 0 Å². The first kappa shape index (κ1) is 11.5. The highest BCUT2D eigenvalue weighted by molar-refractivity contribution is 5.28. The van der Waals surface area contributed by atoms with E-state index in [-0.39, 0.29) is 0 Å². The van der Waals surface area contributed by atoms with Crippen molar-refractivity contribution >= 4 is 0 Å². The van der Waals surface area contributed by atoms with Crippen LogP contribution >= 0.6 is 0 Å². The van der Waals surface area contributed by atoms with Gasteiger partial charge in [0.25, 0.3) is 0 Å². The third kappa shape index (κ3) is 2.34. The van der Waals surface area contributed by atoms with Crippen LogP contribution in [0.1, 0.15) is 43.0 Å². The summed E-state index contributed by atoms with van der Waals surface area (Å²) in [6, 6.07) is 15.7. The molecule has 1 heterocycles. The molecule has 0 radical (unpaired) electrons. The Bertz CT molecular complexity index is 477. The number of nitrogens with one attached hydrogen (secondary N) is 1. The van der Waals surface area contributed by atoms with Crippen LogP contribution in [0.3, 0.4) is 0 Å². The second-order valence-electron chi connectivity index (χ2n) is 5.00. The van der Waals surface area contributed by atoms with Crippen molar-refractivity contribution in [2.75, 3.05) is 0 Å². The molecular formula is C16H19NO. The smallest absolute Gasteiger partial charge is 0.120 e. The lowest BCUT2D eigenvalue weighted by molar-refractivity contribution is 0.400. The molecule has 0 saturated heterocycles. The van der Waals surface area contributed by atoms with E-state index in [1.54, 1.807) is 6.26 Å². The number of benzene rings is 1. The van der Waals surface area contributed by atoms with Gasteiger partial charge in [-0.2, -0.15) is 0 Å². The van der Waals surface area contributed by atoms with Crippen molar-refractivity contribution in [1.29, 1.82) is 0 Å². The lowest BCUT2D eigenvalue weighted by Gasteiger charge is -2.14. The molecule has 0 aliphatic heterocycles. The molecule has 2 aromatic rings. The van der Waals surface area contributed by atoms with Gasteiger partial charge in [-0.1, -0.05) is 37.3 Å². The average Bonchev–Trinajstić information content (AvgIpc) is 2.98. The number of hydrogen-bond donors (Lipinski definition) is 1. The molecule has 3 rings (SSSR count). The van der Waals surface area contributed by atoms with Gasteiger partial charge in [0.05, 0.1) is 12.3 Å². The Hall–Kier alpha value is -1.54. The molecule has 1 aromatic heterocycles. The van der Waals surface area contributed by atoms with Crippen LogP contribution in [0, 0.1) is 0 Å². The molecule has 2 nitrogen and oxygen atoms in total. The monoisotopic (exact) mass is 241 g/mol. The zero-order chi connectivity index (χ0) is 12.4. The predicted octanol–water partition coefficient (Wildman–Crippen LogP) is 3.88. The van der Waals surface area contributed by atoms with E-state index in [0.717, 1.165) is 12.2 Å². The summed E-state index contributed by atoms with van der Waals surface area (Å²) in [5, 5.41) is 3.70. The highest BCUT2D eigenvalue weighted by Crippen LogP contribution is 2.42. The molecule has 0 spiro atoms. The summed E-state index contributed by atoms with van der Waals surface area (Å²) >= 11 is 0. The zero-order valence-electron chi connectivity index (χ0n) is 10.7. The van der Waals surface area contributed by atoms with Crippen LogP contribution in [0.4, 0.5) is 0 Å². The Morgan fingerprint density at radius 2 is 2.06 bits per heavy atom. The summed E-state index contributed by atoms with van der Waals surface area (Å²) in [5.41, 5.74) is 1.45. The topological polar surface area (TPSA) is 25.2 Å². The van der Waals surface area contributed by atoms with Crippen LogP contribution in [0.2, 0.25) is 0 Å². The van der Waals surface area contributed by atoms with Crippen molar-refractivity contribution in [2.24, 2.45) is 0 Å². The van der Waals surface area contributed by atoms with E-state index in [1.807, 2.05) is 6.07 Å². The SMILES string of the molecule is CCC(NC1CC1c1ccccc1)c1ccco1. The first-order valence-electron chi connectivity index (χ1n) is 6.73. The minimum Gasteiger partial charge on any atom is -0.468 e. The molecule has 1 aliphatic rings. The Labute approximate surface area is 108 Å². The normalized spacial score (nSPS) is 23.8. The van der Waals surface area contributed by atoms with E-state index in [1.165, 1.54) is 12.0 Å². The van der Waals surface area contributed by atoms with E-state index in [4.69, 9.17) is 4.42 Å². The average molecular weight is 241 g/mol. The van der Waals surface area contributed by atoms with Crippen molar-refractivity contribution in [2.45, 2.75) is 37.8 Å². The largest absolute Gasteiger partial charge is 0.468 e. The van der Waals surface area contributed by atoms with Crippen LogP contribution in [-0.4, -0.2) is 6.04 Å². The minimum atomic E-state index is 0.346. The Morgan fingerprint density at radius 1 is 1.22 bits per heavy atom. The molecule has 1 aromatic carbocycles. The minimum absolute atomic E-state index is 0.346. The predicted molar refractivity (Wildman–Crippen MR) is 72.5 cm³/mol. The first-order valence-corrected chi connectivity index (χ1v) is 6.73. The van der Waals surface area contributed by atoms with Crippen LogP contribution < -0.4 is 5.32 Å². The lowest BCUT2D eigenvalue weighted by Crippen LogP contribution is -2.23. The van der Waals surface area contributed by atoms with Crippen molar-refractivity contribution in [3.63, 3.8) is 0 Å². The molecule has 18 heavy (non-hydrogen) atoms. The van der Waals surface area contributed by atoms with Crippen LogP contribution in [0.5, 0.6) is 0 Å². The Balaban J connectivity index is 1.62. The molecule has 1 aliphatic carbocycles. The highest BCUT2D eigenvalue weighted by Gasteiger charge is 2.39. The van der Waals surface area contributed by atoms with Gasteiger partial charge in [-0.15, -0.1) is 0 Å². The van der Waals surface area contributed by atoms with Crippen LogP contribution in [-0.2, 0) is 0 Å². The summed E-state index contributed by atoms with van der Waals surface area (Å²) in [6.45, 7) is 2.19. The van der Waals surface area contributed by atoms with Gasteiger partial charge >= 0.3 is 0 Å². The van der Waals surface area contributed by atoms with Gasteiger partial charge < -0.3 is 9.73 Å². The van der Waals surface area contributed by atoms with Crippen molar-refractivity contribution in [3.05, 3.63) is 60.1 Å². The fourth-order valence-electron chi connectivity index (χ4n) is 2.60. The third-order valence-electron chi connectivity index (χ3n) is 3.73. The van der Waals surface area contributed by atoms with Gasteiger partial charge in [-0.3, -0.25) is 0 Å². The van der Waals surface area contributed by atoms with Crippen molar-refractivity contribution in [1.82, 2.24) is 5.32 Å². The van der Waals surface area contributed by atoms with Gasteiger partial charge in [0.15, 0.2) is 0 Å². The summed E-state index contributed by atoms with van der Waals surface area (Å²) in [7, 11) is 0. The summed E-state index contributed by atoms with van der Waals surface area (Å²) < 4.78 is 5.49. The van der Waals surface area contributed by atoms with E-state index < -0.39 is 0 Å². The number of rotatable bonds is 5. The second-order valence-corrected chi connectivity index (χ2v) is 5.00. The zero-order valence-corrected chi connectivity index (χ0v) is 10.7. The highest BCUT2D eigenvalue weighted by atomic mass is 16.3. The van der Waals surface area contributed by atoms with Crippen LogP contribution in [0.15, 0.2) is 53.1 Å².